The van der Waals surface area contributed by atoms with Crippen LogP contribution < -0.4 is 5.32 Å². The molecule has 0 fully saturated rings. The number of carbonyl (C=O) groups is 2. The molecule has 0 aromatic heterocycles. The summed E-state index contributed by atoms with van der Waals surface area (Å²) < 4.78 is 4.81. The Morgan fingerprint density at radius 1 is 1.20 bits per heavy atom. The predicted molar refractivity (Wildman–Crippen MR) is 89.8 cm³/mol. The summed E-state index contributed by atoms with van der Waals surface area (Å²) in [4.78, 5) is 34.5. The highest BCUT2D eigenvalue weighted by Crippen LogP contribution is 2.25. The van der Waals surface area contributed by atoms with E-state index >= 15 is 0 Å². The fourth-order valence-electron chi connectivity index (χ4n) is 2.12. The number of nitro groups is 1. The van der Waals surface area contributed by atoms with Crippen molar-refractivity contribution in [1.29, 1.82) is 0 Å². The number of nitrogens with zero attached hydrogens (tertiary/aromatic N) is 1. The Labute approximate surface area is 143 Å². The Balaban J connectivity index is 2.37. The Bertz CT molecular complexity index is 847. The minimum atomic E-state index is -0.765. The highest BCUT2D eigenvalue weighted by molar-refractivity contribution is 6.06. The second-order valence-electron chi connectivity index (χ2n) is 5.22. The van der Waals surface area contributed by atoms with Gasteiger partial charge in [0.15, 0.2) is 0 Å². The molecule has 0 heterocycles. The minimum absolute atomic E-state index is 0.0975. The van der Waals surface area contributed by atoms with Crippen molar-refractivity contribution in [2.24, 2.45) is 0 Å². The first-order chi connectivity index (χ1) is 11.8. The van der Waals surface area contributed by atoms with E-state index < -0.39 is 22.5 Å². The second kappa shape index (κ2) is 7.43. The molecule has 0 unspecified atom stereocenters. The van der Waals surface area contributed by atoms with Gasteiger partial charge in [-0.1, -0.05) is 6.07 Å². The van der Waals surface area contributed by atoms with Crippen LogP contribution in [-0.2, 0) is 4.74 Å². The molecule has 130 valence electrons. The lowest BCUT2D eigenvalue weighted by Crippen LogP contribution is -2.14. The monoisotopic (exact) mass is 344 g/mol. The van der Waals surface area contributed by atoms with Gasteiger partial charge in [-0.3, -0.25) is 14.9 Å². The topological polar surface area (TPSA) is 119 Å². The van der Waals surface area contributed by atoms with Gasteiger partial charge in [-0.15, -0.1) is 0 Å². The molecule has 8 heteroatoms. The maximum Gasteiger partial charge on any atom is 0.338 e. The molecule has 1 amide bonds. The molecule has 2 rings (SSSR count). The van der Waals surface area contributed by atoms with Crippen LogP contribution >= 0.6 is 0 Å². The van der Waals surface area contributed by atoms with Crippen LogP contribution in [-0.4, -0.2) is 28.5 Å². The van der Waals surface area contributed by atoms with Crippen molar-refractivity contribution in [1.82, 2.24) is 0 Å². The van der Waals surface area contributed by atoms with Crippen molar-refractivity contribution in [3.05, 3.63) is 63.2 Å². The summed E-state index contributed by atoms with van der Waals surface area (Å²) in [5.74, 6) is -1.60. The molecule has 2 N–H and O–H groups in total. The minimum Gasteiger partial charge on any atom is -0.506 e. The lowest BCUT2D eigenvalue weighted by molar-refractivity contribution is -0.384. The van der Waals surface area contributed by atoms with Crippen LogP contribution in [0.25, 0.3) is 0 Å². The van der Waals surface area contributed by atoms with Crippen molar-refractivity contribution in [3.8, 4) is 5.75 Å². The normalized spacial score (nSPS) is 10.2. The van der Waals surface area contributed by atoms with Gasteiger partial charge in [0.05, 0.1) is 22.8 Å². The van der Waals surface area contributed by atoms with E-state index in [-0.39, 0.29) is 29.2 Å². The number of esters is 1. The summed E-state index contributed by atoms with van der Waals surface area (Å²) in [6.45, 7) is 3.47. The number of non-ortho nitro benzene ring substituents is 1. The molecule has 0 spiro atoms. The zero-order valence-electron chi connectivity index (χ0n) is 13.6. The number of ether oxygens (including phenoxy) is 1. The van der Waals surface area contributed by atoms with E-state index in [0.717, 1.165) is 17.7 Å². The number of phenolic OH excluding ortho intramolecular Hbond substituents is 1. The summed E-state index contributed by atoms with van der Waals surface area (Å²) in [5.41, 5.74) is 0.339. The van der Waals surface area contributed by atoms with Gasteiger partial charge in [-0.05, 0) is 37.6 Å². The summed E-state index contributed by atoms with van der Waals surface area (Å²) in [6, 6.07) is 7.94. The Hall–Kier alpha value is -3.42. The van der Waals surface area contributed by atoms with E-state index in [4.69, 9.17) is 4.74 Å². The number of benzene rings is 2. The second-order valence-corrected chi connectivity index (χ2v) is 5.22. The van der Waals surface area contributed by atoms with Crippen LogP contribution in [0.15, 0.2) is 36.4 Å². The molecule has 2 aromatic carbocycles. The third kappa shape index (κ3) is 4.31. The number of amides is 1. The lowest BCUT2D eigenvalue weighted by atomic mass is 10.1. The van der Waals surface area contributed by atoms with Gasteiger partial charge in [0.25, 0.3) is 11.6 Å². The number of hydrogen-bond donors (Lipinski definition) is 2. The maximum atomic E-state index is 12.4. The fraction of sp³-hybridized carbons (Fsp3) is 0.176. The fourth-order valence-corrected chi connectivity index (χ4v) is 2.12. The van der Waals surface area contributed by atoms with Crippen molar-refractivity contribution in [2.45, 2.75) is 13.8 Å². The average molecular weight is 344 g/mol. The largest absolute Gasteiger partial charge is 0.506 e. The molecule has 8 nitrogen and oxygen atoms in total. The van der Waals surface area contributed by atoms with Gasteiger partial charge in [0, 0.05) is 17.7 Å². The van der Waals surface area contributed by atoms with Crippen LogP contribution in [0.1, 0.15) is 33.2 Å². The standard InChI is InChI=1S/C17H16N2O6/c1-3-25-17(22)12-7-11(8-13(9-12)19(23)24)16(21)18-14-5-4-10(2)6-15(14)20/h4-9,20H,3H2,1-2H3,(H,18,21). The highest BCUT2D eigenvalue weighted by atomic mass is 16.6. The van der Waals surface area contributed by atoms with Crippen LogP contribution in [0.4, 0.5) is 11.4 Å². The quantitative estimate of drug-likeness (QED) is 0.372. The molecule has 0 radical (unpaired) electrons. The SMILES string of the molecule is CCOC(=O)c1cc(C(=O)Nc2ccc(C)cc2O)cc([N+](=O)[O-])c1. The van der Waals surface area contributed by atoms with Crippen molar-refractivity contribution in [2.75, 3.05) is 11.9 Å². The van der Waals surface area contributed by atoms with Gasteiger partial charge in [-0.25, -0.2) is 4.79 Å². The number of rotatable bonds is 5. The van der Waals surface area contributed by atoms with E-state index in [0.29, 0.717) is 0 Å². The molecule has 25 heavy (non-hydrogen) atoms. The van der Waals surface area contributed by atoms with Crippen molar-refractivity contribution >= 4 is 23.3 Å². The van der Waals surface area contributed by atoms with Gasteiger partial charge in [-0.2, -0.15) is 0 Å². The first kappa shape index (κ1) is 17.9. The van der Waals surface area contributed by atoms with E-state index in [1.807, 2.05) is 0 Å². The Morgan fingerprint density at radius 2 is 1.88 bits per heavy atom. The zero-order valence-corrected chi connectivity index (χ0v) is 13.6. The van der Waals surface area contributed by atoms with E-state index in [2.05, 4.69) is 5.32 Å². The van der Waals surface area contributed by atoms with E-state index in [9.17, 15) is 24.8 Å². The molecule has 0 saturated carbocycles. The van der Waals surface area contributed by atoms with Gasteiger partial charge < -0.3 is 15.2 Å². The van der Waals surface area contributed by atoms with Crippen molar-refractivity contribution in [3.63, 3.8) is 0 Å². The van der Waals surface area contributed by atoms with Crippen LogP contribution in [0, 0.1) is 17.0 Å². The van der Waals surface area contributed by atoms with Gasteiger partial charge in [0.1, 0.15) is 5.75 Å². The molecular weight excluding hydrogens is 328 g/mol. The van der Waals surface area contributed by atoms with E-state index in [1.54, 1.807) is 19.9 Å². The smallest absolute Gasteiger partial charge is 0.338 e. The number of aryl methyl sites for hydroxylation is 1. The zero-order chi connectivity index (χ0) is 18.6. The first-order valence-electron chi connectivity index (χ1n) is 7.39. The molecule has 0 aliphatic rings. The molecule has 0 atom stereocenters. The van der Waals surface area contributed by atoms with Crippen LogP contribution in [0.5, 0.6) is 5.75 Å². The number of carbonyl (C=O) groups excluding carboxylic acids is 2. The molecule has 0 bridgehead atoms. The molecule has 2 aromatic rings. The van der Waals surface area contributed by atoms with Crippen LogP contribution in [0.2, 0.25) is 0 Å². The number of anilines is 1. The predicted octanol–water partition coefficient (Wildman–Crippen LogP) is 3.04. The van der Waals surface area contributed by atoms with Gasteiger partial charge in [0.2, 0.25) is 0 Å². The summed E-state index contributed by atoms with van der Waals surface area (Å²) in [6.07, 6.45) is 0. The molecule has 0 aliphatic carbocycles. The first-order valence-corrected chi connectivity index (χ1v) is 7.39. The van der Waals surface area contributed by atoms with E-state index in [1.165, 1.54) is 18.2 Å². The third-order valence-corrected chi connectivity index (χ3v) is 3.30. The molecule has 0 aliphatic heterocycles. The number of nitrogens with one attached hydrogen (secondary N) is 1. The maximum absolute atomic E-state index is 12.4. The average Bonchev–Trinajstić information content (AvgIpc) is 2.57. The Morgan fingerprint density at radius 3 is 2.48 bits per heavy atom. The molecule has 0 saturated heterocycles. The highest BCUT2D eigenvalue weighted by Gasteiger charge is 2.19. The lowest BCUT2D eigenvalue weighted by Gasteiger charge is -2.09. The molecular formula is C17H16N2O6. The third-order valence-electron chi connectivity index (χ3n) is 3.30. The number of aromatic hydroxyl groups is 1. The number of hydrogen-bond acceptors (Lipinski definition) is 6. The number of nitro benzene ring substituents is 1. The number of phenols is 1. The van der Waals surface area contributed by atoms with Crippen molar-refractivity contribution < 1.29 is 24.4 Å². The van der Waals surface area contributed by atoms with Crippen LogP contribution in [0.3, 0.4) is 0 Å². The summed E-state index contributed by atoms with van der Waals surface area (Å²) >= 11 is 0. The van der Waals surface area contributed by atoms with Gasteiger partial charge >= 0.3 is 5.97 Å². The Kier molecular flexibility index (Phi) is 5.33. The summed E-state index contributed by atoms with van der Waals surface area (Å²) in [5, 5.41) is 23.3. The summed E-state index contributed by atoms with van der Waals surface area (Å²) in [7, 11) is 0.